The largest absolute Gasteiger partial charge is 0.445 e. The van der Waals surface area contributed by atoms with Crippen LogP contribution in [0.2, 0.25) is 0 Å². The number of ether oxygens (including phenoxy) is 1. The van der Waals surface area contributed by atoms with Crippen LogP contribution in [-0.2, 0) is 22.3 Å². The number of halogens is 3. The zero-order chi connectivity index (χ0) is 29.0. The first-order chi connectivity index (χ1) is 19.6. The van der Waals surface area contributed by atoms with E-state index in [0.717, 1.165) is 56.5 Å². The molecule has 41 heavy (non-hydrogen) atoms. The summed E-state index contributed by atoms with van der Waals surface area (Å²) in [7, 11) is 0. The number of carbonyl (C=O) groups excluding carboxylic acids is 2. The normalized spacial score (nSPS) is 21.6. The highest BCUT2D eigenvalue weighted by molar-refractivity contribution is 5.91. The number of hydrogen-bond donors (Lipinski definition) is 3. The molecule has 1 saturated heterocycles. The molecule has 12 heteroatoms. The van der Waals surface area contributed by atoms with Gasteiger partial charge in [0.05, 0.1) is 23.7 Å². The summed E-state index contributed by atoms with van der Waals surface area (Å²) in [5.41, 5.74) is 0.173. The van der Waals surface area contributed by atoms with E-state index in [1.807, 2.05) is 37.3 Å². The van der Waals surface area contributed by atoms with Crippen LogP contribution >= 0.6 is 0 Å². The molecule has 1 aromatic heterocycles. The van der Waals surface area contributed by atoms with Gasteiger partial charge in [-0.3, -0.25) is 9.69 Å². The Bertz CT molecular complexity index is 1370. The van der Waals surface area contributed by atoms with Gasteiger partial charge < -0.3 is 20.7 Å². The fourth-order valence-corrected chi connectivity index (χ4v) is 5.45. The molecule has 2 aliphatic rings. The minimum Gasteiger partial charge on any atom is -0.445 e. The number of hydrogen-bond acceptors (Lipinski definition) is 7. The quantitative estimate of drug-likeness (QED) is 0.366. The van der Waals surface area contributed by atoms with Gasteiger partial charge in [-0.25, -0.2) is 14.8 Å². The second-order valence-corrected chi connectivity index (χ2v) is 11.0. The molecule has 5 rings (SSSR count). The highest BCUT2D eigenvalue weighted by Crippen LogP contribution is 2.34. The van der Waals surface area contributed by atoms with E-state index in [1.54, 1.807) is 0 Å². The number of benzene rings is 2. The summed E-state index contributed by atoms with van der Waals surface area (Å²) in [6.45, 7) is 3.61. The van der Waals surface area contributed by atoms with Crippen molar-refractivity contribution < 1.29 is 27.5 Å². The number of rotatable bonds is 8. The number of fused-ring (bicyclic) bond motifs is 1. The molecule has 2 amide bonds. The summed E-state index contributed by atoms with van der Waals surface area (Å²) in [5, 5.41) is 9.06. The third-order valence-electron chi connectivity index (χ3n) is 7.85. The van der Waals surface area contributed by atoms with Crippen molar-refractivity contribution in [2.75, 3.05) is 25.0 Å². The number of carbonyl (C=O) groups is 2. The lowest BCUT2D eigenvalue weighted by Gasteiger charge is -2.48. The number of alkyl carbamates (subject to hydrolysis) is 1. The molecule has 218 valence electrons. The van der Waals surface area contributed by atoms with Crippen molar-refractivity contribution in [2.24, 2.45) is 0 Å². The van der Waals surface area contributed by atoms with Crippen LogP contribution in [0.3, 0.4) is 0 Å². The number of amides is 2. The minimum atomic E-state index is -4.49. The molecule has 1 saturated carbocycles. The van der Waals surface area contributed by atoms with Crippen molar-refractivity contribution in [3.05, 3.63) is 66.0 Å². The minimum absolute atomic E-state index is 0.00248. The third-order valence-corrected chi connectivity index (χ3v) is 7.85. The fraction of sp³-hybridized carbons (Fsp3) is 0.448. The van der Waals surface area contributed by atoms with Gasteiger partial charge in [0.1, 0.15) is 18.8 Å². The third kappa shape index (κ3) is 7.24. The van der Waals surface area contributed by atoms with Gasteiger partial charge in [-0.05, 0) is 56.4 Å². The standard InChI is InChI=1S/C29H33F3N6O3/c1-28(37-27(40)41-17-19-5-3-2-4-6-19)11-9-22(10-12-28)38-15-21(16-38)36-25(39)14-33-26-23-13-20(29(30,31)32)7-8-24(23)34-18-35-26/h2-8,13,18,21-22H,9-12,14-17H2,1H3,(H,36,39)(H,37,40)(H,33,34,35). The van der Waals surface area contributed by atoms with E-state index in [2.05, 4.69) is 30.8 Å². The average molecular weight is 571 g/mol. The number of nitrogens with one attached hydrogen (secondary N) is 3. The van der Waals surface area contributed by atoms with Crippen molar-refractivity contribution in [3.63, 3.8) is 0 Å². The van der Waals surface area contributed by atoms with E-state index >= 15 is 0 Å². The Morgan fingerprint density at radius 2 is 1.80 bits per heavy atom. The highest BCUT2D eigenvalue weighted by Gasteiger charge is 2.39. The van der Waals surface area contributed by atoms with Crippen LogP contribution in [0, 0.1) is 0 Å². The number of likely N-dealkylation sites (tertiary alicyclic amines) is 1. The van der Waals surface area contributed by atoms with Crippen LogP contribution in [0.15, 0.2) is 54.9 Å². The van der Waals surface area contributed by atoms with Gasteiger partial charge in [0.2, 0.25) is 5.91 Å². The maximum absolute atomic E-state index is 13.1. The Morgan fingerprint density at radius 3 is 2.51 bits per heavy atom. The molecule has 2 fully saturated rings. The van der Waals surface area contributed by atoms with Crippen molar-refractivity contribution in [2.45, 2.75) is 63.0 Å². The summed E-state index contributed by atoms with van der Waals surface area (Å²) in [4.78, 5) is 35.2. The van der Waals surface area contributed by atoms with Crippen molar-refractivity contribution in [1.29, 1.82) is 0 Å². The SMILES string of the molecule is CC1(NC(=O)OCc2ccccc2)CCC(N2CC(NC(=O)CNc3ncnc4ccc(C(F)(F)F)cc34)C2)CC1. The van der Waals surface area contributed by atoms with Crippen molar-refractivity contribution in [3.8, 4) is 0 Å². The average Bonchev–Trinajstić information content (AvgIpc) is 2.93. The maximum atomic E-state index is 13.1. The summed E-state index contributed by atoms with van der Waals surface area (Å²) in [5.74, 6) is -0.0860. The molecule has 0 spiro atoms. The lowest BCUT2D eigenvalue weighted by molar-refractivity contribution is -0.137. The van der Waals surface area contributed by atoms with Gasteiger partial charge in [-0.2, -0.15) is 13.2 Å². The van der Waals surface area contributed by atoms with Crippen LogP contribution in [0.5, 0.6) is 0 Å². The second kappa shape index (κ2) is 11.9. The topological polar surface area (TPSA) is 108 Å². The Balaban J connectivity index is 1.03. The molecular formula is C29H33F3N6O3. The summed E-state index contributed by atoms with van der Waals surface area (Å²) in [6, 6.07) is 13.2. The van der Waals surface area contributed by atoms with Gasteiger partial charge in [0.15, 0.2) is 0 Å². The zero-order valence-electron chi connectivity index (χ0n) is 22.7. The predicted molar refractivity (Wildman–Crippen MR) is 147 cm³/mol. The zero-order valence-corrected chi connectivity index (χ0v) is 22.7. The van der Waals surface area contributed by atoms with E-state index < -0.39 is 17.8 Å². The Hall–Kier alpha value is -3.93. The molecule has 0 unspecified atom stereocenters. The van der Waals surface area contributed by atoms with Crippen molar-refractivity contribution in [1.82, 2.24) is 25.5 Å². The molecule has 0 atom stereocenters. The van der Waals surface area contributed by atoms with Crippen LogP contribution in [0.25, 0.3) is 10.9 Å². The number of anilines is 1. The van der Waals surface area contributed by atoms with E-state index in [-0.39, 0.29) is 41.8 Å². The first kappa shape index (κ1) is 28.6. The van der Waals surface area contributed by atoms with Crippen LogP contribution < -0.4 is 16.0 Å². The Kier molecular flexibility index (Phi) is 8.30. The summed E-state index contributed by atoms with van der Waals surface area (Å²) in [6.07, 6.45) is -0.131. The monoisotopic (exact) mass is 570 g/mol. The molecule has 9 nitrogen and oxygen atoms in total. The molecule has 3 aromatic rings. The lowest BCUT2D eigenvalue weighted by atomic mass is 9.79. The number of aromatic nitrogens is 2. The summed E-state index contributed by atoms with van der Waals surface area (Å²) < 4.78 is 44.8. The molecule has 1 aliphatic carbocycles. The van der Waals surface area contributed by atoms with Gasteiger partial charge in [-0.1, -0.05) is 30.3 Å². The highest BCUT2D eigenvalue weighted by atomic mass is 19.4. The number of nitrogens with zero attached hydrogens (tertiary/aromatic N) is 3. The predicted octanol–water partition coefficient (Wildman–Crippen LogP) is 4.49. The van der Waals surface area contributed by atoms with Crippen LogP contribution in [0.1, 0.15) is 43.7 Å². The molecule has 2 heterocycles. The Labute approximate surface area is 235 Å². The van der Waals surface area contributed by atoms with E-state index in [4.69, 9.17) is 4.74 Å². The van der Waals surface area contributed by atoms with Crippen LogP contribution in [0.4, 0.5) is 23.8 Å². The first-order valence-corrected chi connectivity index (χ1v) is 13.7. The second-order valence-electron chi connectivity index (χ2n) is 11.0. The Morgan fingerprint density at radius 1 is 1.07 bits per heavy atom. The van der Waals surface area contributed by atoms with Crippen molar-refractivity contribution >= 4 is 28.7 Å². The van der Waals surface area contributed by atoms with Crippen LogP contribution in [-0.4, -0.2) is 64.1 Å². The smallest absolute Gasteiger partial charge is 0.416 e. The van der Waals surface area contributed by atoms with Gasteiger partial charge in [-0.15, -0.1) is 0 Å². The van der Waals surface area contributed by atoms with E-state index in [9.17, 15) is 22.8 Å². The fourth-order valence-electron chi connectivity index (χ4n) is 5.45. The van der Waals surface area contributed by atoms with E-state index in [1.165, 1.54) is 12.4 Å². The van der Waals surface area contributed by atoms with Gasteiger partial charge in [0.25, 0.3) is 0 Å². The molecule has 1 aliphatic heterocycles. The lowest BCUT2D eigenvalue weighted by Crippen LogP contribution is -2.64. The first-order valence-electron chi connectivity index (χ1n) is 13.7. The maximum Gasteiger partial charge on any atom is 0.416 e. The van der Waals surface area contributed by atoms with E-state index in [0.29, 0.717) is 11.6 Å². The van der Waals surface area contributed by atoms with Gasteiger partial charge in [0, 0.05) is 30.1 Å². The summed E-state index contributed by atoms with van der Waals surface area (Å²) >= 11 is 0. The van der Waals surface area contributed by atoms with Gasteiger partial charge >= 0.3 is 12.3 Å². The molecule has 0 bridgehead atoms. The molecular weight excluding hydrogens is 537 g/mol. The molecule has 0 radical (unpaired) electrons. The number of alkyl halides is 3. The molecule has 3 N–H and O–H groups in total. The molecule has 2 aromatic carbocycles.